The molecule has 0 saturated heterocycles. The maximum atomic E-state index is 12.3. The molecule has 1 N–H and O–H groups in total. The predicted octanol–water partition coefficient (Wildman–Crippen LogP) is 3.18. The standard InChI is InChI=1S/C16H18N2O3S/c19-15-9-12(14-6-3-7-22-14)10-17-18(15)13(16(20)21)8-11-4-1-2-5-11/h3,6-7,9-11,13H,1-2,4-5,8H2,(H,20,21). The number of thiophene rings is 1. The molecule has 116 valence electrons. The van der Waals surface area contributed by atoms with Gasteiger partial charge in [0.25, 0.3) is 5.56 Å². The van der Waals surface area contributed by atoms with E-state index < -0.39 is 12.0 Å². The van der Waals surface area contributed by atoms with Gasteiger partial charge in [0.15, 0.2) is 6.04 Å². The lowest BCUT2D eigenvalue weighted by Gasteiger charge is -2.18. The first kappa shape index (κ1) is 15.0. The van der Waals surface area contributed by atoms with E-state index in [0.717, 1.165) is 40.8 Å². The molecule has 2 aromatic rings. The number of carbonyl (C=O) groups is 1. The Bertz CT molecular complexity index is 702. The van der Waals surface area contributed by atoms with Gasteiger partial charge in [0.1, 0.15) is 0 Å². The van der Waals surface area contributed by atoms with Gasteiger partial charge < -0.3 is 5.11 Å². The lowest BCUT2D eigenvalue weighted by atomic mass is 9.98. The Kier molecular flexibility index (Phi) is 4.38. The second-order valence-electron chi connectivity index (χ2n) is 5.74. The van der Waals surface area contributed by atoms with Gasteiger partial charge in [-0.2, -0.15) is 5.10 Å². The molecular weight excluding hydrogens is 300 g/mol. The maximum Gasteiger partial charge on any atom is 0.328 e. The van der Waals surface area contributed by atoms with Crippen molar-refractivity contribution in [1.82, 2.24) is 9.78 Å². The molecule has 1 atom stereocenters. The minimum atomic E-state index is -0.981. The molecule has 3 rings (SSSR count). The van der Waals surface area contributed by atoms with Crippen LogP contribution < -0.4 is 5.56 Å². The highest BCUT2D eigenvalue weighted by molar-refractivity contribution is 7.13. The largest absolute Gasteiger partial charge is 0.480 e. The van der Waals surface area contributed by atoms with E-state index in [1.807, 2.05) is 17.5 Å². The average Bonchev–Trinajstić information content (AvgIpc) is 3.18. The van der Waals surface area contributed by atoms with Crippen LogP contribution in [0.4, 0.5) is 0 Å². The summed E-state index contributed by atoms with van der Waals surface area (Å²) in [7, 11) is 0. The normalized spacial score (nSPS) is 16.7. The van der Waals surface area contributed by atoms with Crippen molar-refractivity contribution >= 4 is 17.3 Å². The molecule has 1 fully saturated rings. The van der Waals surface area contributed by atoms with Crippen molar-refractivity contribution in [2.75, 3.05) is 0 Å². The van der Waals surface area contributed by atoms with Gasteiger partial charge in [-0.1, -0.05) is 31.7 Å². The average molecular weight is 318 g/mol. The third-order valence-electron chi connectivity index (χ3n) is 4.24. The number of nitrogens with zero attached hydrogens (tertiary/aromatic N) is 2. The Morgan fingerprint density at radius 1 is 1.45 bits per heavy atom. The molecule has 6 heteroatoms. The van der Waals surface area contributed by atoms with Gasteiger partial charge in [0.05, 0.1) is 6.20 Å². The molecular formula is C16H18N2O3S. The van der Waals surface area contributed by atoms with Crippen molar-refractivity contribution in [3.8, 4) is 10.4 Å². The van der Waals surface area contributed by atoms with Crippen LogP contribution in [-0.4, -0.2) is 20.9 Å². The third kappa shape index (κ3) is 3.11. The smallest absolute Gasteiger partial charge is 0.328 e. The van der Waals surface area contributed by atoms with Crippen molar-refractivity contribution in [3.05, 3.63) is 40.1 Å². The van der Waals surface area contributed by atoms with Crippen molar-refractivity contribution < 1.29 is 9.90 Å². The topological polar surface area (TPSA) is 72.2 Å². The van der Waals surface area contributed by atoms with Crippen LogP contribution in [0.25, 0.3) is 10.4 Å². The second-order valence-corrected chi connectivity index (χ2v) is 6.69. The zero-order chi connectivity index (χ0) is 15.5. The summed E-state index contributed by atoms with van der Waals surface area (Å²) in [5.41, 5.74) is 0.387. The van der Waals surface area contributed by atoms with Gasteiger partial charge in [0.2, 0.25) is 0 Å². The number of hydrogen-bond donors (Lipinski definition) is 1. The maximum absolute atomic E-state index is 12.3. The molecule has 0 aliphatic heterocycles. The first-order valence-electron chi connectivity index (χ1n) is 7.50. The molecule has 1 saturated carbocycles. The zero-order valence-electron chi connectivity index (χ0n) is 12.1. The third-order valence-corrected chi connectivity index (χ3v) is 5.16. The molecule has 0 aromatic carbocycles. The van der Waals surface area contributed by atoms with E-state index in [4.69, 9.17) is 0 Å². The van der Waals surface area contributed by atoms with Gasteiger partial charge in [-0.15, -0.1) is 11.3 Å². The van der Waals surface area contributed by atoms with Crippen molar-refractivity contribution in [1.29, 1.82) is 0 Å². The van der Waals surface area contributed by atoms with E-state index in [1.54, 1.807) is 6.20 Å². The van der Waals surface area contributed by atoms with Crippen LogP contribution in [0.5, 0.6) is 0 Å². The number of rotatable bonds is 5. The van der Waals surface area contributed by atoms with E-state index >= 15 is 0 Å². The van der Waals surface area contributed by atoms with Crippen molar-refractivity contribution in [2.45, 2.75) is 38.1 Å². The lowest BCUT2D eigenvalue weighted by molar-refractivity contribution is -0.142. The van der Waals surface area contributed by atoms with Gasteiger partial charge in [-0.05, 0) is 23.8 Å². The van der Waals surface area contributed by atoms with Crippen LogP contribution >= 0.6 is 11.3 Å². The molecule has 22 heavy (non-hydrogen) atoms. The fraction of sp³-hybridized carbons (Fsp3) is 0.438. The molecule has 5 nitrogen and oxygen atoms in total. The number of hydrogen-bond acceptors (Lipinski definition) is 4. The van der Waals surface area contributed by atoms with Crippen LogP contribution in [0.2, 0.25) is 0 Å². The zero-order valence-corrected chi connectivity index (χ0v) is 13.0. The molecule has 0 amide bonds. The SMILES string of the molecule is O=C(O)C(CC1CCCC1)n1ncc(-c2cccs2)cc1=O. The fourth-order valence-electron chi connectivity index (χ4n) is 3.10. The van der Waals surface area contributed by atoms with Crippen molar-refractivity contribution in [3.63, 3.8) is 0 Å². The summed E-state index contributed by atoms with van der Waals surface area (Å²) in [6.45, 7) is 0. The van der Waals surface area contributed by atoms with Crippen molar-refractivity contribution in [2.24, 2.45) is 5.92 Å². The molecule has 0 bridgehead atoms. The van der Waals surface area contributed by atoms with Crippen LogP contribution in [0.15, 0.2) is 34.6 Å². The Morgan fingerprint density at radius 2 is 2.23 bits per heavy atom. The van der Waals surface area contributed by atoms with Crippen LogP contribution in [0.3, 0.4) is 0 Å². The summed E-state index contributed by atoms with van der Waals surface area (Å²) in [6.07, 6.45) is 6.46. The van der Waals surface area contributed by atoms with Crippen LogP contribution in [0.1, 0.15) is 38.1 Å². The molecule has 0 radical (unpaired) electrons. The first-order chi connectivity index (χ1) is 10.6. The van der Waals surface area contributed by atoms with E-state index in [-0.39, 0.29) is 5.56 Å². The Balaban J connectivity index is 1.87. The molecule has 1 aliphatic rings. The van der Waals surface area contributed by atoms with E-state index in [2.05, 4.69) is 5.10 Å². The lowest BCUT2D eigenvalue weighted by Crippen LogP contribution is -2.32. The first-order valence-corrected chi connectivity index (χ1v) is 8.38. The summed E-state index contributed by atoms with van der Waals surface area (Å²) in [6, 6.07) is 4.43. The molecule has 2 heterocycles. The quantitative estimate of drug-likeness (QED) is 0.919. The fourth-order valence-corrected chi connectivity index (χ4v) is 3.81. The predicted molar refractivity (Wildman–Crippen MR) is 85.1 cm³/mol. The molecule has 0 spiro atoms. The number of carboxylic acid groups (broad SMARTS) is 1. The minimum Gasteiger partial charge on any atom is -0.480 e. The van der Waals surface area contributed by atoms with E-state index in [9.17, 15) is 14.7 Å². The van der Waals surface area contributed by atoms with Crippen LogP contribution in [-0.2, 0) is 4.79 Å². The summed E-state index contributed by atoms with van der Waals surface area (Å²) in [4.78, 5) is 24.8. The highest BCUT2D eigenvalue weighted by Gasteiger charge is 2.27. The van der Waals surface area contributed by atoms with Gasteiger partial charge in [-0.3, -0.25) is 4.79 Å². The molecule has 1 unspecified atom stereocenters. The van der Waals surface area contributed by atoms with E-state index in [1.165, 1.54) is 17.4 Å². The second kappa shape index (κ2) is 6.44. The van der Waals surface area contributed by atoms with Gasteiger partial charge in [-0.25, -0.2) is 9.48 Å². The molecule has 2 aromatic heterocycles. The van der Waals surface area contributed by atoms with Gasteiger partial charge in [0, 0.05) is 16.5 Å². The number of aromatic nitrogens is 2. The Morgan fingerprint density at radius 3 is 2.82 bits per heavy atom. The Labute approximate surface area is 132 Å². The summed E-state index contributed by atoms with van der Waals surface area (Å²) >= 11 is 1.53. The van der Waals surface area contributed by atoms with Gasteiger partial charge >= 0.3 is 5.97 Å². The van der Waals surface area contributed by atoms with Crippen LogP contribution in [0, 0.1) is 5.92 Å². The molecule has 1 aliphatic carbocycles. The monoisotopic (exact) mass is 318 g/mol. The Hall–Kier alpha value is -1.95. The number of carboxylic acids is 1. The summed E-state index contributed by atoms with van der Waals surface area (Å²) < 4.78 is 1.12. The highest BCUT2D eigenvalue weighted by Crippen LogP contribution is 2.31. The minimum absolute atomic E-state index is 0.351. The number of aliphatic carboxylic acids is 1. The highest BCUT2D eigenvalue weighted by atomic mass is 32.1. The summed E-state index contributed by atoms with van der Waals surface area (Å²) in [5.74, 6) is -0.600. The summed E-state index contributed by atoms with van der Waals surface area (Å²) in [5, 5.41) is 15.5. The van der Waals surface area contributed by atoms with E-state index in [0.29, 0.717) is 12.3 Å².